The molecule has 0 bridgehead atoms. The van der Waals surface area contributed by atoms with Crippen molar-refractivity contribution >= 4 is 11.6 Å². The summed E-state index contributed by atoms with van der Waals surface area (Å²) in [5.41, 5.74) is 5.37. The molecular weight excluding hydrogens is 403 g/mol. The summed E-state index contributed by atoms with van der Waals surface area (Å²) < 4.78 is 16.3. The van der Waals surface area contributed by atoms with E-state index in [1.165, 1.54) is 12.1 Å². The zero-order valence-corrected chi connectivity index (χ0v) is 19.0. The summed E-state index contributed by atoms with van der Waals surface area (Å²) in [4.78, 5) is 24.6. The molecule has 32 heavy (non-hydrogen) atoms. The van der Waals surface area contributed by atoms with E-state index >= 15 is 0 Å². The van der Waals surface area contributed by atoms with Crippen molar-refractivity contribution in [1.29, 1.82) is 0 Å². The normalized spacial score (nSPS) is 10.9. The maximum atomic E-state index is 14.6. The fourth-order valence-electron chi connectivity index (χ4n) is 3.72. The third-order valence-corrected chi connectivity index (χ3v) is 5.52. The molecule has 0 aliphatic rings. The number of aromatic nitrogens is 1. The van der Waals surface area contributed by atoms with Gasteiger partial charge in [0, 0.05) is 29.9 Å². The third-order valence-electron chi connectivity index (χ3n) is 5.52. The van der Waals surface area contributed by atoms with E-state index in [-0.39, 0.29) is 23.3 Å². The summed E-state index contributed by atoms with van der Waals surface area (Å²) in [7, 11) is 0. The molecule has 1 aromatic heterocycles. The van der Waals surface area contributed by atoms with Crippen LogP contribution in [-0.2, 0) is 17.6 Å². The van der Waals surface area contributed by atoms with Crippen LogP contribution >= 0.6 is 0 Å². The van der Waals surface area contributed by atoms with Gasteiger partial charge in [0.25, 0.3) is 5.56 Å². The van der Waals surface area contributed by atoms with Crippen LogP contribution in [0.4, 0.5) is 10.1 Å². The van der Waals surface area contributed by atoms with Crippen LogP contribution in [0.15, 0.2) is 66.1 Å². The number of anilines is 1. The molecular formula is C27H29FN2O2. The number of hydrogen-bond donors (Lipinski definition) is 1. The predicted molar refractivity (Wildman–Crippen MR) is 129 cm³/mol. The molecule has 0 saturated carbocycles. The molecule has 0 aliphatic carbocycles. The molecule has 0 saturated heterocycles. The lowest BCUT2D eigenvalue weighted by atomic mass is 9.93. The lowest BCUT2D eigenvalue weighted by molar-refractivity contribution is -0.111. The fraction of sp³-hybridized carbons (Fsp3) is 0.259. The Morgan fingerprint density at radius 2 is 1.84 bits per heavy atom. The van der Waals surface area contributed by atoms with Crippen LogP contribution in [0.3, 0.4) is 0 Å². The Balaban J connectivity index is 2.19. The Kier molecular flexibility index (Phi) is 7.08. The highest BCUT2D eigenvalue weighted by Crippen LogP contribution is 2.30. The number of benzene rings is 2. The quantitative estimate of drug-likeness (QED) is 0.478. The van der Waals surface area contributed by atoms with E-state index in [0.29, 0.717) is 29.7 Å². The average Bonchev–Trinajstić information content (AvgIpc) is 2.76. The van der Waals surface area contributed by atoms with E-state index in [1.807, 2.05) is 58.2 Å². The van der Waals surface area contributed by atoms with Gasteiger partial charge in [0.2, 0.25) is 5.91 Å². The fourth-order valence-corrected chi connectivity index (χ4v) is 3.72. The Hall–Kier alpha value is -3.47. The molecule has 3 aromatic rings. The van der Waals surface area contributed by atoms with E-state index in [0.717, 1.165) is 22.3 Å². The van der Waals surface area contributed by atoms with Crippen molar-refractivity contribution < 1.29 is 9.18 Å². The van der Waals surface area contributed by atoms with Gasteiger partial charge in [-0.25, -0.2) is 4.39 Å². The van der Waals surface area contributed by atoms with Gasteiger partial charge in [0.15, 0.2) is 0 Å². The maximum absolute atomic E-state index is 14.6. The van der Waals surface area contributed by atoms with Gasteiger partial charge in [-0.2, -0.15) is 0 Å². The topological polar surface area (TPSA) is 51.1 Å². The van der Waals surface area contributed by atoms with E-state index in [2.05, 4.69) is 11.9 Å². The van der Waals surface area contributed by atoms with E-state index in [4.69, 9.17) is 0 Å². The minimum Gasteiger partial charge on any atom is -0.323 e. The van der Waals surface area contributed by atoms with Crippen molar-refractivity contribution in [3.8, 4) is 11.1 Å². The molecule has 0 unspecified atom stereocenters. The lowest BCUT2D eigenvalue weighted by Crippen LogP contribution is -2.24. The molecule has 166 valence electrons. The van der Waals surface area contributed by atoms with Gasteiger partial charge in [0.05, 0.1) is 0 Å². The molecule has 3 rings (SSSR count). The van der Waals surface area contributed by atoms with Crippen molar-refractivity contribution in [2.24, 2.45) is 0 Å². The van der Waals surface area contributed by atoms with Crippen molar-refractivity contribution in [2.75, 3.05) is 5.32 Å². The first-order chi connectivity index (χ1) is 15.2. The summed E-state index contributed by atoms with van der Waals surface area (Å²) in [6, 6.07) is 12.7. The number of amides is 1. The van der Waals surface area contributed by atoms with Crippen LogP contribution in [0.5, 0.6) is 0 Å². The molecule has 1 heterocycles. The second kappa shape index (κ2) is 9.77. The number of pyridine rings is 1. The zero-order chi connectivity index (χ0) is 23.4. The van der Waals surface area contributed by atoms with Crippen molar-refractivity contribution in [3.63, 3.8) is 0 Å². The number of nitrogens with one attached hydrogen (secondary N) is 1. The number of carbonyl (C=O) groups is 1. The number of hydrogen-bond acceptors (Lipinski definition) is 2. The molecule has 4 nitrogen and oxygen atoms in total. The van der Waals surface area contributed by atoms with Crippen LogP contribution in [0.25, 0.3) is 11.1 Å². The lowest BCUT2D eigenvalue weighted by Gasteiger charge is -2.18. The van der Waals surface area contributed by atoms with Crippen molar-refractivity contribution in [3.05, 3.63) is 99.7 Å². The first-order valence-electron chi connectivity index (χ1n) is 10.8. The smallest absolute Gasteiger partial charge is 0.253 e. The minimum absolute atomic E-state index is 0.00519. The summed E-state index contributed by atoms with van der Waals surface area (Å²) in [6.45, 7) is 11.2. The second-order valence-corrected chi connectivity index (χ2v) is 8.25. The van der Waals surface area contributed by atoms with E-state index in [1.54, 1.807) is 16.7 Å². The van der Waals surface area contributed by atoms with Crippen LogP contribution in [-0.4, -0.2) is 10.5 Å². The van der Waals surface area contributed by atoms with Gasteiger partial charge >= 0.3 is 0 Å². The number of rotatable bonds is 7. The number of halogens is 1. The Bertz CT molecular complexity index is 1220. The maximum Gasteiger partial charge on any atom is 0.253 e. The van der Waals surface area contributed by atoms with Crippen LogP contribution in [0.2, 0.25) is 0 Å². The van der Waals surface area contributed by atoms with Crippen molar-refractivity contribution in [1.82, 2.24) is 4.57 Å². The summed E-state index contributed by atoms with van der Waals surface area (Å²) in [5, 5.41) is 2.79. The number of aryl methyl sites for hydroxylation is 2. The van der Waals surface area contributed by atoms with Crippen LogP contribution in [0, 0.1) is 12.7 Å². The molecule has 0 aliphatic heterocycles. The molecule has 1 amide bonds. The molecule has 1 N–H and O–H groups in total. The standard InChI is InChI=1S/C27H29FN2O2/c1-6-19-13-22(16-30(17(3)4)27(19)32)24-15-23(29-26(31)7-2)11-10-20(24)14-21-9-8-18(5)12-25(21)28/h7-13,15-17H,2,6,14H2,1,3-5H3,(H,29,31). The van der Waals surface area contributed by atoms with Gasteiger partial charge in [-0.1, -0.05) is 31.7 Å². The first kappa shape index (κ1) is 23.2. The van der Waals surface area contributed by atoms with Gasteiger partial charge in [0.1, 0.15) is 5.82 Å². The van der Waals surface area contributed by atoms with Gasteiger partial charge in [-0.15, -0.1) is 0 Å². The molecule has 0 atom stereocenters. The SMILES string of the molecule is C=CC(=O)Nc1ccc(Cc2ccc(C)cc2F)c(-c2cc(CC)c(=O)n(C(C)C)c2)c1. The van der Waals surface area contributed by atoms with Crippen molar-refractivity contribution in [2.45, 2.75) is 46.6 Å². The molecule has 0 fully saturated rings. The predicted octanol–water partition coefficient (Wildman–Crippen LogP) is 5.82. The molecule has 2 aromatic carbocycles. The number of carbonyl (C=O) groups excluding carboxylic acids is 1. The summed E-state index contributed by atoms with van der Waals surface area (Å²) in [5.74, 6) is -0.559. The van der Waals surface area contributed by atoms with Gasteiger partial charge in [-0.3, -0.25) is 9.59 Å². The number of nitrogens with zero attached hydrogens (tertiary/aromatic N) is 1. The Morgan fingerprint density at radius 3 is 2.47 bits per heavy atom. The second-order valence-electron chi connectivity index (χ2n) is 8.25. The minimum atomic E-state index is -0.310. The summed E-state index contributed by atoms with van der Waals surface area (Å²) in [6.07, 6.45) is 4.05. The van der Waals surface area contributed by atoms with E-state index in [9.17, 15) is 14.0 Å². The highest BCUT2D eigenvalue weighted by Gasteiger charge is 2.15. The van der Waals surface area contributed by atoms with Crippen LogP contribution in [0.1, 0.15) is 49.1 Å². The first-order valence-corrected chi connectivity index (χ1v) is 10.8. The highest BCUT2D eigenvalue weighted by molar-refractivity contribution is 5.99. The van der Waals surface area contributed by atoms with Gasteiger partial charge < -0.3 is 9.88 Å². The largest absolute Gasteiger partial charge is 0.323 e. The molecule has 0 spiro atoms. The van der Waals surface area contributed by atoms with Gasteiger partial charge in [-0.05, 0) is 85.4 Å². The molecule has 0 radical (unpaired) electrons. The molecule has 5 heteroatoms. The highest BCUT2D eigenvalue weighted by atomic mass is 19.1. The van der Waals surface area contributed by atoms with Crippen LogP contribution < -0.4 is 10.9 Å². The monoisotopic (exact) mass is 432 g/mol. The summed E-state index contributed by atoms with van der Waals surface area (Å²) >= 11 is 0. The average molecular weight is 433 g/mol. The Morgan fingerprint density at radius 1 is 1.12 bits per heavy atom. The Labute approximate surface area is 188 Å². The zero-order valence-electron chi connectivity index (χ0n) is 19.0. The third kappa shape index (κ3) is 5.05. The van der Waals surface area contributed by atoms with E-state index < -0.39 is 0 Å².